The predicted molar refractivity (Wildman–Crippen MR) is 76.6 cm³/mol. The second-order valence-electron chi connectivity index (χ2n) is 4.06. The molecular weight excluding hydrogens is 279 g/mol. The number of carbonyl (C=O) groups is 2. The summed E-state index contributed by atoms with van der Waals surface area (Å²) in [5.74, 6) is -1.78. The van der Waals surface area contributed by atoms with Crippen LogP contribution in [0, 0.1) is 5.82 Å². The van der Waals surface area contributed by atoms with Gasteiger partial charge in [0.15, 0.2) is 0 Å². The van der Waals surface area contributed by atoms with Crippen LogP contribution in [0.2, 0.25) is 0 Å². The normalized spacial score (nSPS) is 10.1. The van der Waals surface area contributed by atoms with Gasteiger partial charge in [-0.05, 0) is 42.5 Å². The Labute approximate surface area is 120 Å². The molecule has 4 nitrogen and oxygen atoms in total. The average Bonchev–Trinajstić information content (AvgIpc) is 2.42. The minimum absolute atomic E-state index is 0.100. The highest BCUT2D eigenvalue weighted by molar-refractivity contribution is 7.80. The molecule has 6 heteroatoms. The molecule has 0 aromatic heterocycles. The number of hydrogen-bond acceptors (Lipinski definition) is 3. The van der Waals surface area contributed by atoms with Crippen molar-refractivity contribution in [3.05, 3.63) is 59.4 Å². The largest absolute Gasteiger partial charge is 0.366 e. The first-order chi connectivity index (χ1) is 9.47. The molecule has 0 aliphatic rings. The number of benzene rings is 2. The highest BCUT2D eigenvalue weighted by Gasteiger charge is 2.12. The Balaban J connectivity index is 2.19. The summed E-state index contributed by atoms with van der Waals surface area (Å²) in [7, 11) is 0. The number of amides is 2. The molecule has 2 rings (SSSR count). The molecule has 0 fully saturated rings. The Hall–Kier alpha value is -2.34. The molecule has 0 atom stereocenters. The molecule has 0 unspecified atom stereocenters. The Morgan fingerprint density at radius 2 is 1.75 bits per heavy atom. The van der Waals surface area contributed by atoms with E-state index < -0.39 is 17.6 Å². The van der Waals surface area contributed by atoms with Gasteiger partial charge in [0.2, 0.25) is 5.91 Å². The van der Waals surface area contributed by atoms with Crippen LogP contribution in [0.3, 0.4) is 0 Å². The van der Waals surface area contributed by atoms with Crippen molar-refractivity contribution in [2.24, 2.45) is 5.73 Å². The van der Waals surface area contributed by atoms with Crippen LogP contribution in [0.25, 0.3) is 0 Å². The smallest absolute Gasteiger partial charge is 0.258 e. The molecule has 0 aliphatic heterocycles. The fourth-order valence-corrected chi connectivity index (χ4v) is 1.81. The standard InChI is InChI=1S/C14H11FN2O2S/c15-12-6-5-10(20)7-11(12)14(19)17-9-3-1-8(2-4-9)13(16)18/h1-7,20H,(H2,16,18)(H,17,19). The molecule has 0 spiro atoms. The zero-order valence-electron chi connectivity index (χ0n) is 10.3. The van der Waals surface area contributed by atoms with Gasteiger partial charge in [0, 0.05) is 16.1 Å². The maximum absolute atomic E-state index is 13.5. The Morgan fingerprint density at radius 3 is 2.35 bits per heavy atom. The van der Waals surface area contributed by atoms with Crippen LogP contribution in [-0.2, 0) is 0 Å². The molecule has 20 heavy (non-hydrogen) atoms. The van der Waals surface area contributed by atoms with E-state index >= 15 is 0 Å². The molecule has 0 heterocycles. The van der Waals surface area contributed by atoms with Crippen LogP contribution in [0.15, 0.2) is 47.4 Å². The first-order valence-electron chi connectivity index (χ1n) is 5.67. The number of hydrogen-bond donors (Lipinski definition) is 3. The molecule has 2 amide bonds. The summed E-state index contributed by atoms with van der Waals surface area (Å²) in [6, 6.07) is 9.95. The monoisotopic (exact) mass is 290 g/mol. The van der Waals surface area contributed by atoms with Crippen LogP contribution < -0.4 is 11.1 Å². The van der Waals surface area contributed by atoms with Gasteiger partial charge in [-0.25, -0.2) is 4.39 Å². The maximum atomic E-state index is 13.5. The Kier molecular flexibility index (Phi) is 4.05. The summed E-state index contributed by atoms with van der Waals surface area (Å²) >= 11 is 4.06. The highest BCUT2D eigenvalue weighted by Crippen LogP contribution is 2.16. The number of thiol groups is 1. The van der Waals surface area contributed by atoms with Crippen LogP contribution in [-0.4, -0.2) is 11.8 Å². The van der Waals surface area contributed by atoms with E-state index in [1.807, 2.05) is 0 Å². The van der Waals surface area contributed by atoms with E-state index in [0.29, 0.717) is 16.1 Å². The zero-order valence-corrected chi connectivity index (χ0v) is 11.2. The summed E-state index contributed by atoms with van der Waals surface area (Å²) in [5, 5.41) is 2.53. The third kappa shape index (κ3) is 3.16. The van der Waals surface area contributed by atoms with Crippen molar-refractivity contribution in [3.63, 3.8) is 0 Å². The van der Waals surface area contributed by atoms with E-state index in [1.165, 1.54) is 42.5 Å². The number of rotatable bonds is 3. The molecule has 0 aliphatic carbocycles. The van der Waals surface area contributed by atoms with E-state index in [9.17, 15) is 14.0 Å². The van der Waals surface area contributed by atoms with Gasteiger partial charge in [0.25, 0.3) is 5.91 Å². The number of anilines is 1. The summed E-state index contributed by atoms with van der Waals surface area (Å²) in [4.78, 5) is 23.3. The van der Waals surface area contributed by atoms with Gasteiger partial charge in [0.05, 0.1) is 5.56 Å². The topological polar surface area (TPSA) is 72.2 Å². The number of nitrogens with two attached hydrogens (primary N) is 1. The number of halogens is 1. The Morgan fingerprint density at radius 1 is 1.10 bits per heavy atom. The second-order valence-corrected chi connectivity index (χ2v) is 4.58. The lowest BCUT2D eigenvalue weighted by Crippen LogP contribution is -2.14. The Bertz CT molecular complexity index is 671. The van der Waals surface area contributed by atoms with Crippen molar-refractivity contribution < 1.29 is 14.0 Å². The van der Waals surface area contributed by atoms with Crippen molar-refractivity contribution in [3.8, 4) is 0 Å². The van der Waals surface area contributed by atoms with E-state index in [0.717, 1.165) is 0 Å². The van der Waals surface area contributed by atoms with Crippen LogP contribution in [0.4, 0.5) is 10.1 Å². The third-order valence-electron chi connectivity index (χ3n) is 2.62. The van der Waals surface area contributed by atoms with Crippen molar-refractivity contribution in [1.82, 2.24) is 0 Å². The van der Waals surface area contributed by atoms with Gasteiger partial charge < -0.3 is 11.1 Å². The first kappa shape index (κ1) is 14.1. The third-order valence-corrected chi connectivity index (χ3v) is 2.90. The van der Waals surface area contributed by atoms with Gasteiger partial charge in [-0.15, -0.1) is 12.6 Å². The van der Waals surface area contributed by atoms with Crippen molar-refractivity contribution in [1.29, 1.82) is 0 Å². The second kappa shape index (κ2) is 5.75. The van der Waals surface area contributed by atoms with Crippen LogP contribution >= 0.6 is 12.6 Å². The molecule has 3 N–H and O–H groups in total. The molecular formula is C14H11FN2O2S. The molecule has 0 saturated heterocycles. The molecule has 2 aromatic rings. The van der Waals surface area contributed by atoms with Crippen molar-refractivity contribution in [2.75, 3.05) is 5.32 Å². The lowest BCUT2D eigenvalue weighted by atomic mass is 10.1. The number of primary amides is 1. The molecule has 102 valence electrons. The van der Waals surface area contributed by atoms with E-state index in [1.54, 1.807) is 0 Å². The average molecular weight is 290 g/mol. The maximum Gasteiger partial charge on any atom is 0.258 e. The first-order valence-corrected chi connectivity index (χ1v) is 6.12. The number of nitrogens with one attached hydrogen (secondary N) is 1. The summed E-state index contributed by atoms with van der Waals surface area (Å²) in [6.07, 6.45) is 0. The van der Waals surface area contributed by atoms with E-state index in [-0.39, 0.29) is 5.56 Å². The summed E-state index contributed by atoms with van der Waals surface area (Å²) in [5.41, 5.74) is 5.77. The lowest BCUT2D eigenvalue weighted by molar-refractivity contribution is 0.0997. The highest BCUT2D eigenvalue weighted by atomic mass is 32.1. The van der Waals surface area contributed by atoms with Gasteiger partial charge >= 0.3 is 0 Å². The molecule has 0 radical (unpaired) electrons. The molecule has 0 bridgehead atoms. The minimum atomic E-state index is -0.631. The summed E-state index contributed by atoms with van der Waals surface area (Å²) < 4.78 is 13.5. The lowest BCUT2D eigenvalue weighted by Gasteiger charge is -2.07. The van der Waals surface area contributed by atoms with E-state index in [4.69, 9.17) is 5.73 Å². The minimum Gasteiger partial charge on any atom is -0.366 e. The van der Waals surface area contributed by atoms with Gasteiger partial charge in [-0.3, -0.25) is 9.59 Å². The van der Waals surface area contributed by atoms with Crippen molar-refractivity contribution >= 4 is 30.1 Å². The van der Waals surface area contributed by atoms with Crippen molar-refractivity contribution in [2.45, 2.75) is 4.90 Å². The molecule has 0 saturated carbocycles. The van der Waals surface area contributed by atoms with Gasteiger partial charge in [0.1, 0.15) is 5.82 Å². The van der Waals surface area contributed by atoms with Crippen LogP contribution in [0.5, 0.6) is 0 Å². The quantitative estimate of drug-likeness (QED) is 0.760. The van der Waals surface area contributed by atoms with Gasteiger partial charge in [-0.1, -0.05) is 0 Å². The fraction of sp³-hybridized carbons (Fsp3) is 0. The predicted octanol–water partition coefficient (Wildman–Crippen LogP) is 2.47. The van der Waals surface area contributed by atoms with Crippen LogP contribution in [0.1, 0.15) is 20.7 Å². The fourth-order valence-electron chi connectivity index (χ4n) is 1.60. The molecule has 2 aromatic carbocycles. The SMILES string of the molecule is NC(=O)c1ccc(NC(=O)c2cc(S)ccc2F)cc1. The van der Waals surface area contributed by atoms with Gasteiger partial charge in [-0.2, -0.15) is 0 Å². The van der Waals surface area contributed by atoms with E-state index in [2.05, 4.69) is 17.9 Å². The number of carbonyl (C=O) groups excluding carboxylic acids is 2. The summed E-state index contributed by atoms with van der Waals surface area (Å²) in [6.45, 7) is 0. The zero-order chi connectivity index (χ0) is 14.7.